The molecule has 0 bridgehead atoms. The number of hydrogen-bond donors (Lipinski definition) is 1. The van der Waals surface area contributed by atoms with E-state index in [1.54, 1.807) is 23.5 Å². The first-order chi connectivity index (χ1) is 5.68. The summed E-state index contributed by atoms with van der Waals surface area (Å²) >= 11 is 8.04. The van der Waals surface area contributed by atoms with Crippen LogP contribution >= 0.6 is 46.6 Å². The SMILES string of the molecule is Fc1ccc2sc(S)c(I)c2c1. The first kappa shape index (κ1) is 8.77. The van der Waals surface area contributed by atoms with Gasteiger partial charge in [-0.2, -0.15) is 0 Å². The molecule has 0 aliphatic carbocycles. The van der Waals surface area contributed by atoms with Crippen molar-refractivity contribution >= 4 is 56.6 Å². The molecule has 62 valence electrons. The summed E-state index contributed by atoms with van der Waals surface area (Å²) in [4.78, 5) is 0. The van der Waals surface area contributed by atoms with Crippen LogP contribution in [0.25, 0.3) is 10.1 Å². The van der Waals surface area contributed by atoms with E-state index in [-0.39, 0.29) is 5.82 Å². The molecule has 0 nitrogen and oxygen atoms in total. The lowest BCUT2D eigenvalue weighted by molar-refractivity contribution is 0.630. The van der Waals surface area contributed by atoms with E-state index in [9.17, 15) is 4.39 Å². The van der Waals surface area contributed by atoms with Crippen molar-refractivity contribution in [3.05, 3.63) is 27.6 Å². The van der Waals surface area contributed by atoms with Crippen LogP contribution in [0.4, 0.5) is 4.39 Å². The predicted octanol–water partition coefficient (Wildman–Crippen LogP) is 3.93. The Kier molecular flexibility index (Phi) is 2.31. The summed E-state index contributed by atoms with van der Waals surface area (Å²) in [6.45, 7) is 0. The first-order valence-electron chi connectivity index (χ1n) is 3.25. The van der Waals surface area contributed by atoms with E-state index in [2.05, 4.69) is 35.2 Å². The molecular formula is C8H4FIS2. The van der Waals surface area contributed by atoms with Gasteiger partial charge in [-0.3, -0.25) is 0 Å². The Balaban J connectivity index is 2.88. The monoisotopic (exact) mass is 310 g/mol. The molecule has 0 saturated heterocycles. The number of thiol groups is 1. The van der Waals surface area contributed by atoms with E-state index in [1.165, 1.54) is 6.07 Å². The van der Waals surface area contributed by atoms with E-state index >= 15 is 0 Å². The fourth-order valence-electron chi connectivity index (χ4n) is 1.03. The van der Waals surface area contributed by atoms with Crippen LogP contribution in [0, 0.1) is 9.39 Å². The third kappa shape index (κ3) is 1.36. The summed E-state index contributed by atoms with van der Waals surface area (Å²) < 4.78 is 15.9. The normalized spacial score (nSPS) is 10.9. The van der Waals surface area contributed by atoms with Crippen LogP contribution in [-0.4, -0.2) is 0 Å². The zero-order valence-corrected chi connectivity index (χ0v) is 9.71. The number of rotatable bonds is 0. The molecule has 0 saturated carbocycles. The summed E-state index contributed by atoms with van der Waals surface area (Å²) in [5, 5.41) is 0.964. The van der Waals surface area contributed by atoms with Gasteiger partial charge in [0.2, 0.25) is 0 Å². The maximum atomic E-state index is 12.8. The molecule has 0 unspecified atom stereocenters. The van der Waals surface area contributed by atoms with Gasteiger partial charge in [-0.15, -0.1) is 24.0 Å². The largest absolute Gasteiger partial charge is 0.207 e. The summed E-state index contributed by atoms with van der Waals surface area (Å²) in [5.74, 6) is -0.188. The van der Waals surface area contributed by atoms with Crippen molar-refractivity contribution in [2.24, 2.45) is 0 Å². The highest BCUT2D eigenvalue weighted by atomic mass is 127. The van der Waals surface area contributed by atoms with Gasteiger partial charge in [-0.1, -0.05) is 0 Å². The molecule has 2 aromatic rings. The maximum absolute atomic E-state index is 12.8. The van der Waals surface area contributed by atoms with Gasteiger partial charge in [-0.25, -0.2) is 4.39 Å². The fraction of sp³-hybridized carbons (Fsp3) is 0. The quantitative estimate of drug-likeness (QED) is 0.553. The Morgan fingerprint density at radius 2 is 2.17 bits per heavy atom. The molecule has 4 heteroatoms. The van der Waals surface area contributed by atoms with Crippen LogP contribution in [-0.2, 0) is 0 Å². The molecule has 0 aliphatic heterocycles. The lowest BCUT2D eigenvalue weighted by atomic mass is 10.3. The van der Waals surface area contributed by atoms with Crippen molar-refractivity contribution < 1.29 is 4.39 Å². The molecule has 2 rings (SSSR count). The topological polar surface area (TPSA) is 0 Å². The Hall–Kier alpha value is 0.190. The second-order valence-electron chi connectivity index (χ2n) is 2.36. The molecular weight excluding hydrogens is 306 g/mol. The van der Waals surface area contributed by atoms with Gasteiger partial charge in [0.05, 0.1) is 4.21 Å². The summed E-state index contributed by atoms with van der Waals surface area (Å²) in [7, 11) is 0. The van der Waals surface area contributed by atoms with Crippen molar-refractivity contribution in [2.75, 3.05) is 0 Å². The third-order valence-corrected chi connectivity index (χ3v) is 4.96. The minimum atomic E-state index is -0.188. The van der Waals surface area contributed by atoms with Crippen LogP contribution in [0.5, 0.6) is 0 Å². The first-order valence-corrected chi connectivity index (χ1v) is 5.59. The zero-order valence-electron chi connectivity index (χ0n) is 5.84. The molecule has 0 amide bonds. The second kappa shape index (κ2) is 3.16. The molecule has 0 atom stereocenters. The van der Waals surface area contributed by atoms with Crippen LogP contribution in [0.3, 0.4) is 0 Å². The average molecular weight is 310 g/mol. The smallest absolute Gasteiger partial charge is 0.123 e. The van der Waals surface area contributed by atoms with Crippen LogP contribution in [0.15, 0.2) is 22.4 Å². The number of benzene rings is 1. The number of halogens is 2. The van der Waals surface area contributed by atoms with Gasteiger partial charge >= 0.3 is 0 Å². The van der Waals surface area contributed by atoms with Gasteiger partial charge in [0.15, 0.2) is 0 Å². The minimum Gasteiger partial charge on any atom is -0.207 e. The van der Waals surface area contributed by atoms with E-state index in [0.717, 1.165) is 17.9 Å². The Morgan fingerprint density at radius 1 is 1.42 bits per heavy atom. The Labute approximate surface area is 92.3 Å². The van der Waals surface area contributed by atoms with Gasteiger partial charge in [0, 0.05) is 13.7 Å². The van der Waals surface area contributed by atoms with Crippen molar-refractivity contribution in [1.29, 1.82) is 0 Å². The number of thiophene rings is 1. The highest BCUT2D eigenvalue weighted by molar-refractivity contribution is 14.1. The van der Waals surface area contributed by atoms with Crippen molar-refractivity contribution in [3.63, 3.8) is 0 Å². The van der Waals surface area contributed by atoms with Crippen LogP contribution in [0.1, 0.15) is 0 Å². The molecule has 0 N–H and O–H groups in total. The molecule has 0 radical (unpaired) electrons. The standard InChI is InChI=1S/C8H4FIS2/c9-4-1-2-6-5(3-4)7(10)8(11)12-6/h1-3,11H. The summed E-state index contributed by atoms with van der Waals surface area (Å²) in [6, 6.07) is 4.81. The van der Waals surface area contributed by atoms with Gasteiger partial charge in [-0.05, 0) is 40.8 Å². The van der Waals surface area contributed by atoms with Crippen molar-refractivity contribution in [1.82, 2.24) is 0 Å². The highest BCUT2D eigenvalue weighted by Gasteiger charge is 2.06. The van der Waals surface area contributed by atoms with Gasteiger partial charge in [0.1, 0.15) is 5.82 Å². The van der Waals surface area contributed by atoms with Gasteiger partial charge < -0.3 is 0 Å². The Bertz CT molecular complexity index is 436. The lowest BCUT2D eigenvalue weighted by Gasteiger charge is -1.89. The van der Waals surface area contributed by atoms with Crippen molar-refractivity contribution in [2.45, 2.75) is 4.21 Å². The fourth-order valence-corrected chi connectivity index (χ4v) is 3.22. The van der Waals surface area contributed by atoms with E-state index in [1.807, 2.05) is 0 Å². The maximum Gasteiger partial charge on any atom is 0.123 e. The molecule has 1 heterocycles. The molecule has 1 aromatic heterocycles. The zero-order chi connectivity index (χ0) is 8.72. The van der Waals surface area contributed by atoms with E-state index in [0.29, 0.717) is 0 Å². The second-order valence-corrected chi connectivity index (χ2v) is 5.24. The summed E-state index contributed by atoms with van der Waals surface area (Å²) in [6.07, 6.45) is 0. The van der Waals surface area contributed by atoms with Crippen molar-refractivity contribution in [3.8, 4) is 0 Å². The predicted molar refractivity (Wildman–Crippen MR) is 61.8 cm³/mol. The molecule has 0 fully saturated rings. The molecule has 1 aromatic carbocycles. The van der Waals surface area contributed by atoms with E-state index < -0.39 is 0 Å². The summed E-state index contributed by atoms with van der Waals surface area (Å²) in [5.41, 5.74) is 0. The average Bonchev–Trinajstić information content (AvgIpc) is 2.31. The van der Waals surface area contributed by atoms with Crippen LogP contribution in [0.2, 0.25) is 0 Å². The van der Waals surface area contributed by atoms with Gasteiger partial charge in [0.25, 0.3) is 0 Å². The number of fused-ring (bicyclic) bond motifs is 1. The molecule has 12 heavy (non-hydrogen) atoms. The highest BCUT2D eigenvalue weighted by Crippen LogP contribution is 2.34. The molecule has 0 aliphatic rings. The lowest BCUT2D eigenvalue weighted by Crippen LogP contribution is -1.72. The number of hydrogen-bond acceptors (Lipinski definition) is 2. The Morgan fingerprint density at radius 3 is 2.92 bits per heavy atom. The van der Waals surface area contributed by atoms with Crippen LogP contribution < -0.4 is 0 Å². The minimum absolute atomic E-state index is 0.188. The van der Waals surface area contributed by atoms with E-state index in [4.69, 9.17) is 0 Å². The molecule has 0 spiro atoms. The third-order valence-electron chi connectivity index (χ3n) is 1.57.